The van der Waals surface area contributed by atoms with Crippen LogP contribution in [0.4, 0.5) is 0 Å². The lowest BCUT2D eigenvalue weighted by molar-refractivity contribution is 0.119. The van der Waals surface area contributed by atoms with Gasteiger partial charge in [0.1, 0.15) is 5.76 Å². The highest BCUT2D eigenvalue weighted by atomic mass is 16.5. The molecule has 2 aromatic heterocycles. The van der Waals surface area contributed by atoms with Gasteiger partial charge in [0.25, 0.3) is 0 Å². The molecule has 2 fully saturated rings. The SMILES string of the molecule is c1ccc(CN2CCN(Cc3cc(C4CC4)on3)CC2)nc1. The van der Waals surface area contributed by atoms with E-state index in [1.807, 2.05) is 12.3 Å². The van der Waals surface area contributed by atoms with Crippen molar-refractivity contribution in [2.75, 3.05) is 26.2 Å². The zero-order valence-corrected chi connectivity index (χ0v) is 12.8. The second-order valence-corrected chi connectivity index (χ2v) is 6.37. The van der Waals surface area contributed by atoms with E-state index < -0.39 is 0 Å². The van der Waals surface area contributed by atoms with E-state index in [0.29, 0.717) is 5.92 Å². The van der Waals surface area contributed by atoms with E-state index in [4.69, 9.17) is 4.52 Å². The summed E-state index contributed by atoms with van der Waals surface area (Å²) in [5, 5.41) is 4.22. The molecule has 2 aromatic rings. The number of piperazine rings is 1. The predicted octanol–water partition coefficient (Wildman–Crippen LogP) is 2.26. The summed E-state index contributed by atoms with van der Waals surface area (Å²) in [4.78, 5) is 9.34. The van der Waals surface area contributed by atoms with Gasteiger partial charge in [0.15, 0.2) is 0 Å². The molecule has 4 rings (SSSR count). The first-order valence-corrected chi connectivity index (χ1v) is 8.17. The topological polar surface area (TPSA) is 45.4 Å². The van der Waals surface area contributed by atoms with Gasteiger partial charge in [-0.05, 0) is 25.0 Å². The van der Waals surface area contributed by atoms with Gasteiger partial charge in [-0.15, -0.1) is 0 Å². The molecule has 0 atom stereocenters. The molecule has 0 aromatic carbocycles. The molecule has 22 heavy (non-hydrogen) atoms. The van der Waals surface area contributed by atoms with Crippen molar-refractivity contribution in [1.29, 1.82) is 0 Å². The third kappa shape index (κ3) is 3.36. The average Bonchev–Trinajstić information content (AvgIpc) is 3.30. The highest BCUT2D eigenvalue weighted by molar-refractivity contribution is 5.14. The summed E-state index contributed by atoms with van der Waals surface area (Å²) in [6.45, 7) is 6.20. The molecule has 5 heteroatoms. The quantitative estimate of drug-likeness (QED) is 0.847. The standard InChI is InChI=1S/C17H22N4O/c1-2-6-18-15(3-1)12-20-7-9-21(10-8-20)13-16-11-17(22-19-16)14-4-5-14/h1-3,6,11,14H,4-5,7-10,12-13H2. The van der Waals surface area contributed by atoms with E-state index in [9.17, 15) is 0 Å². The third-order valence-corrected chi connectivity index (χ3v) is 4.52. The number of pyridine rings is 1. The Morgan fingerprint density at radius 2 is 1.73 bits per heavy atom. The van der Waals surface area contributed by atoms with Crippen LogP contribution in [0.25, 0.3) is 0 Å². The molecule has 1 aliphatic heterocycles. The Morgan fingerprint density at radius 3 is 2.36 bits per heavy atom. The maximum Gasteiger partial charge on any atom is 0.140 e. The van der Waals surface area contributed by atoms with Gasteiger partial charge in [-0.3, -0.25) is 14.8 Å². The van der Waals surface area contributed by atoms with Crippen molar-refractivity contribution >= 4 is 0 Å². The van der Waals surface area contributed by atoms with Crippen LogP contribution in [-0.4, -0.2) is 46.1 Å². The lowest BCUT2D eigenvalue weighted by atomic mass is 10.2. The van der Waals surface area contributed by atoms with Gasteiger partial charge in [-0.25, -0.2) is 0 Å². The summed E-state index contributed by atoms with van der Waals surface area (Å²) in [6.07, 6.45) is 4.40. The van der Waals surface area contributed by atoms with Crippen molar-refractivity contribution in [2.45, 2.75) is 31.8 Å². The van der Waals surface area contributed by atoms with Crippen LogP contribution >= 0.6 is 0 Å². The van der Waals surface area contributed by atoms with Crippen molar-refractivity contribution in [2.24, 2.45) is 0 Å². The molecule has 0 unspecified atom stereocenters. The molecule has 0 bridgehead atoms. The van der Waals surface area contributed by atoms with Crippen molar-refractivity contribution in [3.8, 4) is 0 Å². The second kappa shape index (κ2) is 6.18. The van der Waals surface area contributed by atoms with Crippen LogP contribution in [-0.2, 0) is 13.1 Å². The third-order valence-electron chi connectivity index (χ3n) is 4.52. The molecule has 0 radical (unpaired) electrons. The Balaban J connectivity index is 1.26. The van der Waals surface area contributed by atoms with Gasteiger partial charge in [-0.1, -0.05) is 11.2 Å². The smallest absolute Gasteiger partial charge is 0.140 e. The monoisotopic (exact) mass is 298 g/mol. The predicted molar refractivity (Wildman–Crippen MR) is 83.3 cm³/mol. The number of aromatic nitrogens is 2. The first-order valence-electron chi connectivity index (χ1n) is 8.17. The molecular formula is C17H22N4O. The van der Waals surface area contributed by atoms with Crippen LogP contribution in [0, 0.1) is 0 Å². The van der Waals surface area contributed by atoms with E-state index in [1.54, 1.807) is 0 Å². The largest absolute Gasteiger partial charge is 0.361 e. The Kier molecular flexibility index (Phi) is 3.91. The van der Waals surface area contributed by atoms with Crippen LogP contribution in [0.5, 0.6) is 0 Å². The number of nitrogens with zero attached hydrogens (tertiary/aromatic N) is 4. The molecule has 2 aliphatic rings. The van der Waals surface area contributed by atoms with E-state index in [0.717, 1.165) is 56.4 Å². The minimum atomic E-state index is 0.650. The van der Waals surface area contributed by atoms with Gasteiger partial charge in [0.05, 0.1) is 11.4 Å². The van der Waals surface area contributed by atoms with E-state index in [-0.39, 0.29) is 0 Å². The van der Waals surface area contributed by atoms with Crippen LogP contribution in [0.3, 0.4) is 0 Å². The fourth-order valence-electron chi connectivity index (χ4n) is 3.02. The fraction of sp³-hybridized carbons (Fsp3) is 0.529. The molecule has 1 aliphatic carbocycles. The second-order valence-electron chi connectivity index (χ2n) is 6.37. The molecule has 0 spiro atoms. The van der Waals surface area contributed by atoms with Gasteiger partial charge < -0.3 is 4.52 Å². The lowest BCUT2D eigenvalue weighted by Gasteiger charge is -2.33. The Bertz CT molecular complexity index is 600. The fourth-order valence-corrected chi connectivity index (χ4v) is 3.02. The Morgan fingerprint density at radius 1 is 1.00 bits per heavy atom. The Hall–Kier alpha value is -1.72. The van der Waals surface area contributed by atoms with Crippen molar-refractivity contribution in [3.63, 3.8) is 0 Å². The summed E-state index contributed by atoms with van der Waals surface area (Å²) in [7, 11) is 0. The Labute approximate surface area is 130 Å². The highest BCUT2D eigenvalue weighted by Gasteiger charge is 2.28. The summed E-state index contributed by atoms with van der Waals surface area (Å²) in [5.74, 6) is 1.74. The molecule has 0 amide bonds. The van der Waals surface area contributed by atoms with Crippen molar-refractivity contribution in [3.05, 3.63) is 47.6 Å². The van der Waals surface area contributed by atoms with Gasteiger partial charge >= 0.3 is 0 Å². The number of hydrogen-bond donors (Lipinski definition) is 0. The van der Waals surface area contributed by atoms with Gasteiger partial charge in [0.2, 0.25) is 0 Å². The van der Waals surface area contributed by atoms with E-state index >= 15 is 0 Å². The molecule has 1 saturated carbocycles. The number of hydrogen-bond acceptors (Lipinski definition) is 5. The van der Waals surface area contributed by atoms with Crippen molar-refractivity contribution < 1.29 is 4.52 Å². The highest BCUT2D eigenvalue weighted by Crippen LogP contribution is 2.40. The maximum absolute atomic E-state index is 5.43. The first kappa shape index (κ1) is 13.9. The average molecular weight is 298 g/mol. The molecular weight excluding hydrogens is 276 g/mol. The molecule has 5 nitrogen and oxygen atoms in total. The van der Waals surface area contributed by atoms with Crippen LogP contribution in [0.2, 0.25) is 0 Å². The molecule has 0 N–H and O–H groups in total. The van der Waals surface area contributed by atoms with Gasteiger partial charge in [-0.2, -0.15) is 0 Å². The maximum atomic E-state index is 5.43. The summed E-state index contributed by atoms with van der Waals surface area (Å²) >= 11 is 0. The van der Waals surface area contributed by atoms with Crippen LogP contribution < -0.4 is 0 Å². The zero-order valence-electron chi connectivity index (χ0n) is 12.8. The minimum Gasteiger partial charge on any atom is -0.361 e. The first-order chi connectivity index (χ1) is 10.9. The minimum absolute atomic E-state index is 0.650. The van der Waals surface area contributed by atoms with Crippen LogP contribution in [0.15, 0.2) is 35.0 Å². The summed E-state index contributed by atoms with van der Waals surface area (Å²) in [6, 6.07) is 8.27. The summed E-state index contributed by atoms with van der Waals surface area (Å²) in [5.41, 5.74) is 2.24. The van der Waals surface area contributed by atoms with E-state index in [1.165, 1.54) is 12.8 Å². The van der Waals surface area contributed by atoms with Crippen LogP contribution in [0.1, 0.15) is 35.9 Å². The molecule has 3 heterocycles. The number of rotatable bonds is 5. The lowest BCUT2D eigenvalue weighted by Crippen LogP contribution is -2.45. The molecule has 116 valence electrons. The zero-order chi connectivity index (χ0) is 14.8. The molecule has 1 saturated heterocycles. The van der Waals surface area contributed by atoms with Crippen molar-refractivity contribution in [1.82, 2.24) is 19.9 Å². The normalized spacial score (nSPS) is 20.4. The van der Waals surface area contributed by atoms with Gasteiger partial charge in [0, 0.05) is 57.4 Å². The van der Waals surface area contributed by atoms with E-state index in [2.05, 4.69) is 38.1 Å². The summed E-state index contributed by atoms with van der Waals surface area (Å²) < 4.78 is 5.43.